The normalized spacial score (nSPS) is 12.1. The lowest BCUT2D eigenvalue weighted by Crippen LogP contribution is -2.15. The van der Waals surface area contributed by atoms with E-state index < -0.39 is 0 Å². The van der Waals surface area contributed by atoms with Crippen LogP contribution in [-0.4, -0.2) is 37.7 Å². The average Bonchev–Trinajstić information content (AvgIpc) is 3.44. The maximum atomic E-state index is 13.2. The second-order valence-electron chi connectivity index (χ2n) is 7.88. The van der Waals surface area contributed by atoms with Crippen LogP contribution in [0, 0.1) is 20.8 Å². The molecule has 1 N–H and O–H groups in total. The van der Waals surface area contributed by atoms with E-state index in [-0.39, 0.29) is 18.4 Å². The topological polar surface area (TPSA) is 104 Å². The Kier molecular flexibility index (Phi) is 5.89. The highest BCUT2D eigenvalue weighted by Gasteiger charge is 2.22. The van der Waals surface area contributed by atoms with E-state index in [1.165, 1.54) is 11.8 Å². The predicted molar refractivity (Wildman–Crippen MR) is 128 cm³/mol. The van der Waals surface area contributed by atoms with Gasteiger partial charge >= 0.3 is 0 Å². The number of amides is 1. The highest BCUT2D eigenvalue weighted by atomic mass is 32.2. The zero-order chi connectivity index (χ0) is 23.7. The summed E-state index contributed by atoms with van der Waals surface area (Å²) in [5.74, 6) is 1.28. The molecule has 0 aliphatic carbocycles. The monoisotopic (exact) mass is 474 g/mol. The van der Waals surface area contributed by atoms with Gasteiger partial charge in [-0.05, 0) is 51.1 Å². The lowest BCUT2D eigenvalue weighted by atomic mass is 10.2. The van der Waals surface area contributed by atoms with Gasteiger partial charge in [-0.1, -0.05) is 34.7 Å². The van der Waals surface area contributed by atoms with Crippen LogP contribution >= 0.6 is 11.8 Å². The number of aromatic nitrogens is 5. The molecule has 0 saturated heterocycles. The van der Waals surface area contributed by atoms with E-state index in [0.29, 0.717) is 33.8 Å². The molecule has 0 unspecified atom stereocenters. The SMILES string of the molecule is Cc1ccc(-n2nnc(C(=O)Nc3ccc4c(c3)OCO4)c2CSc2nc(C)cc(C)n2)cc1. The molecule has 5 rings (SSSR count). The highest BCUT2D eigenvalue weighted by molar-refractivity contribution is 7.98. The first-order valence-corrected chi connectivity index (χ1v) is 11.6. The molecular formula is C24H22N6O3S. The fourth-order valence-electron chi connectivity index (χ4n) is 3.56. The maximum Gasteiger partial charge on any atom is 0.278 e. The summed E-state index contributed by atoms with van der Waals surface area (Å²) < 4.78 is 12.4. The number of anilines is 1. The Morgan fingerprint density at radius 3 is 2.50 bits per heavy atom. The van der Waals surface area contributed by atoms with Crippen molar-refractivity contribution in [2.75, 3.05) is 12.1 Å². The quantitative estimate of drug-likeness (QED) is 0.327. The van der Waals surface area contributed by atoms with Gasteiger partial charge in [-0.3, -0.25) is 4.79 Å². The van der Waals surface area contributed by atoms with E-state index in [0.717, 1.165) is 22.6 Å². The Bertz CT molecular complexity index is 1350. The number of hydrogen-bond donors (Lipinski definition) is 1. The van der Waals surface area contributed by atoms with E-state index in [1.807, 2.05) is 51.1 Å². The number of benzene rings is 2. The lowest BCUT2D eigenvalue weighted by molar-refractivity contribution is 0.102. The van der Waals surface area contributed by atoms with Gasteiger partial charge in [-0.25, -0.2) is 14.6 Å². The third kappa shape index (κ3) is 4.58. The third-order valence-electron chi connectivity index (χ3n) is 5.19. The van der Waals surface area contributed by atoms with Gasteiger partial charge in [0.2, 0.25) is 6.79 Å². The molecule has 4 aromatic rings. The molecule has 10 heteroatoms. The summed E-state index contributed by atoms with van der Waals surface area (Å²) in [5, 5.41) is 12.0. The fraction of sp³-hybridized carbons (Fsp3) is 0.208. The highest BCUT2D eigenvalue weighted by Crippen LogP contribution is 2.34. The average molecular weight is 475 g/mol. The summed E-state index contributed by atoms with van der Waals surface area (Å²) >= 11 is 1.43. The van der Waals surface area contributed by atoms with Gasteiger partial charge in [0.25, 0.3) is 5.91 Å². The van der Waals surface area contributed by atoms with Crippen LogP contribution in [0.15, 0.2) is 53.7 Å². The number of carbonyl (C=O) groups is 1. The Hall–Kier alpha value is -3.92. The molecule has 0 atom stereocenters. The van der Waals surface area contributed by atoms with Crippen LogP contribution in [0.2, 0.25) is 0 Å². The first-order chi connectivity index (χ1) is 16.5. The Morgan fingerprint density at radius 1 is 1.00 bits per heavy atom. The zero-order valence-electron chi connectivity index (χ0n) is 18.9. The summed E-state index contributed by atoms with van der Waals surface area (Å²) in [6.07, 6.45) is 0. The van der Waals surface area contributed by atoms with Crippen LogP contribution in [-0.2, 0) is 5.75 Å². The van der Waals surface area contributed by atoms with E-state index in [1.54, 1.807) is 22.9 Å². The van der Waals surface area contributed by atoms with Gasteiger partial charge in [0.15, 0.2) is 22.3 Å². The molecule has 9 nitrogen and oxygen atoms in total. The predicted octanol–water partition coefficient (Wildman–Crippen LogP) is 4.26. The molecule has 0 saturated carbocycles. The molecule has 3 heterocycles. The van der Waals surface area contributed by atoms with Crippen LogP contribution in [0.1, 0.15) is 33.1 Å². The zero-order valence-corrected chi connectivity index (χ0v) is 19.7. The molecule has 1 aliphatic rings. The Morgan fingerprint density at radius 2 is 1.74 bits per heavy atom. The number of fused-ring (bicyclic) bond motifs is 1. The number of nitrogens with zero attached hydrogens (tertiary/aromatic N) is 5. The van der Waals surface area contributed by atoms with Crippen molar-refractivity contribution in [1.82, 2.24) is 25.0 Å². The van der Waals surface area contributed by atoms with Gasteiger partial charge in [0.05, 0.1) is 11.4 Å². The summed E-state index contributed by atoms with van der Waals surface area (Å²) in [6.45, 7) is 6.05. The number of ether oxygens (including phenoxy) is 2. The smallest absolute Gasteiger partial charge is 0.278 e. The minimum atomic E-state index is -0.367. The van der Waals surface area contributed by atoms with Crippen molar-refractivity contribution >= 4 is 23.4 Å². The molecule has 0 spiro atoms. The summed E-state index contributed by atoms with van der Waals surface area (Å²) in [4.78, 5) is 22.2. The van der Waals surface area contributed by atoms with Crippen LogP contribution in [0.25, 0.3) is 5.69 Å². The molecule has 0 fully saturated rings. The van der Waals surface area contributed by atoms with Crippen molar-refractivity contribution in [2.24, 2.45) is 0 Å². The molecule has 2 aromatic heterocycles. The molecule has 1 aliphatic heterocycles. The van der Waals surface area contributed by atoms with Crippen molar-refractivity contribution in [2.45, 2.75) is 31.7 Å². The second kappa shape index (κ2) is 9.14. The van der Waals surface area contributed by atoms with Crippen LogP contribution in [0.5, 0.6) is 11.5 Å². The second-order valence-corrected chi connectivity index (χ2v) is 8.82. The van der Waals surface area contributed by atoms with Gasteiger partial charge in [-0.2, -0.15) is 0 Å². The van der Waals surface area contributed by atoms with Crippen molar-refractivity contribution < 1.29 is 14.3 Å². The molecule has 0 radical (unpaired) electrons. The fourth-order valence-corrected chi connectivity index (χ4v) is 4.50. The molecule has 1 amide bonds. The Balaban J connectivity index is 1.45. The van der Waals surface area contributed by atoms with Crippen LogP contribution in [0.4, 0.5) is 5.69 Å². The third-order valence-corrected chi connectivity index (χ3v) is 6.05. The number of thioether (sulfide) groups is 1. The Labute approximate surface area is 200 Å². The van der Waals surface area contributed by atoms with Gasteiger partial charge in [0.1, 0.15) is 0 Å². The minimum Gasteiger partial charge on any atom is -0.454 e. The molecule has 2 aromatic carbocycles. The van der Waals surface area contributed by atoms with Crippen molar-refractivity contribution in [3.8, 4) is 17.2 Å². The summed E-state index contributed by atoms with van der Waals surface area (Å²) in [6, 6.07) is 15.0. The van der Waals surface area contributed by atoms with E-state index in [2.05, 4.69) is 25.6 Å². The first-order valence-electron chi connectivity index (χ1n) is 10.6. The standard InChI is InChI=1S/C24H22N6O3S/c1-14-4-7-18(8-5-14)30-19(12-34-24-25-15(2)10-16(3)26-24)22(28-29-30)23(31)27-17-6-9-20-21(11-17)33-13-32-20/h4-11H,12-13H2,1-3H3,(H,27,31). The van der Waals surface area contributed by atoms with Crippen LogP contribution < -0.4 is 14.8 Å². The van der Waals surface area contributed by atoms with Crippen molar-refractivity contribution in [3.63, 3.8) is 0 Å². The minimum absolute atomic E-state index is 0.166. The number of rotatable bonds is 6. The number of aryl methyl sites for hydroxylation is 3. The van der Waals surface area contributed by atoms with E-state index in [9.17, 15) is 4.79 Å². The first kappa shape index (κ1) is 21.9. The van der Waals surface area contributed by atoms with Crippen molar-refractivity contribution in [1.29, 1.82) is 0 Å². The molecule has 0 bridgehead atoms. The molecule has 34 heavy (non-hydrogen) atoms. The summed E-state index contributed by atoms with van der Waals surface area (Å²) in [7, 11) is 0. The van der Waals surface area contributed by atoms with Gasteiger partial charge in [0, 0.05) is 28.9 Å². The largest absolute Gasteiger partial charge is 0.454 e. The molecular weight excluding hydrogens is 452 g/mol. The van der Waals surface area contributed by atoms with Crippen molar-refractivity contribution in [3.05, 3.63) is 76.9 Å². The maximum absolute atomic E-state index is 13.2. The number of carbonyl (C=O) groups excluding carboxylic acids is 1. The van der Waals surface area contributed by atoms with Crippen LogP contribution in [0.3, 0.4) is 0 Å². The number of nitrogens with one attached hydrogen (secondary N) is 1. The summed E-state index contributed by atoms with van der Waals surface area (Å²) in [5.41, 5.74) is 5.18. The van der Waals surface area contributed by atoms with E-state index >= 15 is 0 Å². The van der Waals surface area contributed by atoms with Gasteiger partial charge < -0.3 is 14.8 Å². The lowest BCUT2D eigenvalue weighted by Gasteiger charge is -2.09. The number of hydrogen-bond acceptors (Lipinski definition) is 8. The molecule has 172 valence electrons. The van der Waals surface area contributed by atoms with Gasteiger partial charge in [-0.15, -0.1) is 5.10 Å². The van der Waals surface area contributed by atoms with E-state index in [4.69, 9.17) is 9.47 Å².